The van der Waals surface area contributed by atoms with E-state index in [4.69, 9.17) is 0 Å². The number of aromatic nitrogens is 2. The summed E-state index contributed by atoms with van der Waals surface area (Å²) in [6.07, 6.45) is 5.37. The van der Waals surface area contributed by atoms with Gasteiger partial charge in [-0.15, -0.1) is 5.10 Å². The maximum absolute atomic E-state index is 13.2. The molecule has 152 valence electrons. The van der Waals surface area contributed by atoms with Gasteiger partial charge in [0.05, 0.1) is 11.6 Å². The number of aryl methyl sites for hydroxylation is 2. The number of benzene rings is 1. The highest BCUT2D eigenvalue weighted by atomic mass is 16.2. The van der Waals surface area contributed by atoms with Crippen LogP contribution in [-0.4, -0.2) is 60.3 Å². The van der Waals surface area contributed by atoms with Crippen molar-refractivity contribution in [3.8, 4) is 0 Å². The fourth-order valence-corrected chi connectivity index (χ4v) is 4.94. The summed E-state index contributed by atoms with van der Waals surface area (Å²) in [5, 5.41) is 8.91. The molecule has 0 bridgehead atoms. The second-order valence-electron chi connectivity index (χ2n) is 8.46. The number of carbonyl (C=O) groups excluding carboxylic acids is 1. The SMILES string of the molecule is O=C(C1CCCN(c2cc3c(nn2)CCC3)C1)N1CCN(c2ccccc2)CC1. The molecule has 3 aliphatic rings. The van der Waals surface area contributed by atoms with Gasteiger partial charge in [-0.2, -0.15) is 5.10 Å². The van der Waals surface area contributed by atoms with Gasteiger partial charge in [0.2, 0.25) is 5.91 Å². The lowest BCUT2D eigenvalue weighted by Gasteiger charge is -2.40. The van der Waals surface area contributed by atoms with E-state index >= 15 is 0 Å². The molecular formula is C23H29N5O. The maximum Gasteiger partial charge on any atom is 0.227 e. The summed E-state index contributed by atoms with van der Waals surface area (Å²) in [5.74, 6) is 1.34. The molecule has 2 saturated heterocycles. The standard InChI is InChI=1S/C23H29N5O/c29-23(27-14-12-26(13-15-27)20-8-2-1-3-9-20)19-7-5-11-28(17-19)22-16-18-6-4-10-21(18)24-25-22/h1-3,8-9,16,19H,4-7,10-15,17H2. The minimum atomic E-state index is 0.0714. The lowest BCUT2D eigenvalue weighted by molar-refractivity contribution is -0.136. The number of anilines is 2. The molecular weight excluding hydrogens is 362 g/mol. The van der Waals surface area contributed by atoms with Gasteiger partial charge < -0.3 is 14.7 Å². The van der Waals surface area contributed by atoms with Crippen LogP contribution >= 0.6 is 0 Å². The molecule has 1 atom stereocenters. The van der Waals surface area contributed by atoms with E-state index < -0.39 is 0 Å². The Kier molecular flexibility index (Phi) is 5.08. The Morgan fingerprint density at radius 2 is 1.72 bits per heavy atom. The number of para-hydroxylation sites is 1. The fourth-order valence-electron chi connectivity index (χ4n) is 4.94. The molecule has 2 aromatic rings. The zero-order valence-corrected chi connectivity index (χ0v) is 17.0. The number of hydrogen-bond acceptors (Lipinski definition) is 5. The Hall–Kier alpha value is -2.63. The van der Waals surface area contributed by atoms with Crippen LogP contribution in [0, 0.1) is 5.92 Å². The van der Waals surface area contributed by atoms with E-state index in [-0.39, 0.29) is 5.92 Å². The van der Waals surface area contributed by atoms with Crippen molar-refractivity contribution >= 4 is 17.4 Å². The van der Waals surface area contributed by atoms with Gasteiger partial charge in [0.15, 0.2) is 5.82 Å². The zero-order valence-electron chi connectivity index (χ0n) is 17.0. The predicted octanol–water partition coefficient (Wildman–Crippen LogP) is 2.53. The highest BCUT2D eigenvalue weighted by molar-refractivity contribution is 5.80. The van der Waals surface area contributed by atoms with E-state index in [9.17, 15) is 4.79 Å². The number of fused-ring (bicyclic) bond motifs is 1. The molecule has 5 rings (SSSR count). The van der Waals surface area contributed by atoms with Crippen LogP contribution in [0.3, 0.4) is 0 Å². The summed E-state index contributed by atoms with van der Waals surface area (Å²) >= 11 is 0. The molecule has 1 amide bonds. The van der Waals surface area contributed by atoms with Crippen LogP contribution in [0.5, 0.6) is 0 Å². The summed E-state index contributed by atoms with van der Waals surface area (Å²) in [4.78, 5) is 19.9. The Balaban J connectivity index is 1.20. The van der Waals surface area contributed by atoms with E-state index in [1.807, 2.05) is 6.07 Å². The molecule has 1 unspecified atom stereocenters. The topological polar surface area (TPSA) is 52.6 Å². The van der Waals surface area contributed by atoms with Gasteiger partial charge in [-0.05, 0) is 55.9 Å². The predicted molar refractivity (Wildman–Crippen MR) is 114 cm³/mol. The molecule has 1 aliphatic carbocycles. The summed E-state index contributed by atoms with van der Waals surface area (Å²) in [6.45, 7) is 5.17. The van der Waals surface area contributed by atoms with Crippen molar-refractivity contribution in [3.63, 3.8) is 0 Å². The number of carbonyl (C=O) groups is 1. The third-order valence-electron chi connectivity index (χ3n) is 6.61. The van der Waals surface area contributed by atoms with Crippen LogP contribution in [0.25, 0.3) is 0 Å². The summed E-state index contributed by atoms with van der Waals surface area (Å²) < 4.78 is 0. The van der Waals surface area contributed by atoms with Crippen molar-refractivity contribution in [1.29, 1.82) is 0 Å². The van der Waals surface area contributed by atoms with Gasteiger partial charge in [0.1, 0.15) is 0 Å². The Labute approximate surface area is 172 Å². The number of nitrogens with zero attached hydrogens (tertiary/aromatic N) is 5. The van der Waals surface area contributed by atoms with Crippen LogP contribution in [0.2, 0.25) is 0 Å². The van der Waals surface area contributed by atoms with E-state index in [1.54, 1.807) is 0 Å². The zero-order chi connectivity index (χ0) is 19.6. The third-order valence-corrected chi connectivity index (χ3v) is 6.61. The van der Waals surface area contributed by atoms with Crippen molar-refractivity contribution in [2.75, 3.05) is 49.1 Å². The van der Waals surface area contributed by atoms with Gasteiger partial charge in [-0.1, -0.05) is 18.2 Å². The van der Waals surface area contributed by atoms with E-state index in [0.29, 0.717) is 5.91 Å². The van der Waals surface area contributed by atoms with Gasteiger partial charge in [-0.3, -0.25) is 4.79 Å². The molecule has 3 heterocycles. The van der Waals surface area contributed by atoms with Gasteiger partial charge in [0.25, 0.3) is 0 Å². The first-order valence-corrected chi connectivity index (χ1v) is 11.0. The smallest absolute Gasteiger partial charge is 0.227 e. The van der Waals surface area contributed by atoms with E-state index in [0.717, 1.165) is 76.5 Å². The van der Waals surface area contributed by atoms with E-state index in [1.165, 1.54) is 17.7 Å². The van der Waals surface area contributed by atoms with Gasteiger partial charge in [-0.25, -0.2) is 0 Å². The highest BCUT2D eigenvalue weighted by Gasteiger charge is 2.32. The molecule has 2 fully saturated rings. The van der Waals surface area contributed by atoms with Crippen LogP contribution in [0.1, 0.15) is 30.5 Å². The lowest BCUT2D eigenvalue weighted by atomic mass is 9.96. The first-order chi connectivity index (χ1) is 14.3. The number of piperazine rings is 1. The molecule has 6 heteroatoms. The normalized spacial score (nSPS) is 21.9. The minimum absolute atomic E-state index is 0.0714. The fraction of sp³-hybridized carbons (Fsp3) is 0.522. The molecule has 1 aromatic carbocycles. The molecule has 2 aliphatic heterocycles. The van der Waals surface area contributed by atoms with Crippen molar-refractivity contribution in [3.05, 3.63) is 47.7 Å². The Morgan fingerprint density at radius 1 is 0.897 bits per heavy atom. The quantitative estimate of drug-likeness (QED) is 0.805. The number of rotatable bonds is 3. The number of hydrogen-bond donors (Lipinski definition) is 0. The van der Waals surface area contributed by atoms with Crippen molar-refractivity contribution in [2.24, 2.45) is 5.92 Å². The van der Waals surface area contributed by atoms with Gasteiger partial charge >= 0.3 is 0 Å². The average molecular weight is 392 g/mol. The summed E-state index contributed by atoms with van der Waals surface area (Å²) in [7, 11) is 0. The minimum Gasteiger partial charge on any atom is -0.368 e. The second kappa shape index (κ2) is 8.01. The summed E-state index contributed by atoms with van der Waals surface area (Å²) in [6, 6.07) is 12.7. The van der Waals surface area contributed by atoms with Crippen molar-refractivity contribution < 1.29 is 4.79 Å². The molecule has 29 heavy (non-hydrogen) atoms. The van der Waals surface area contributed by atoms with Crippen LogP contribution in [0.4, 0.5) is 11.5 Å². The van der Waals surface area contributed by atoms with Crippen LogP contribution < -0.4 is 9.80 Å². The third kappa shape index (κ3) is 3.80. The largest absolute Gasteiger partial charge is 0.368 e. The number of amides is 1. The number of piperidine rings is 1. The first kappa shape index (κ1) is 18.4. The van der Waals surface area contributed by atoms with Crippen LogP contribution in [-0.2, 0) is 17.6 Å². The monoisotopic (exact) mass is 391 g/mol. The highest BCUT2D eigenvalue weighted by Crippen LogP contribution is 2.27. The Bertz CT molecular complexity index is 863. The summed E-state index contributed by atoms with van der Waals surface area (Å²) in [5.41, 5.74) is 3.76. The van der Waals surface area contributed by atoms with Crippen molar-refractivity contribution in [2.45, 2.75) is 32.1 Å². The molecule has 0 spiro atoms. The molecule has 1 aromatic heterocycles. The first-order valence-electron chi connectivity index (χ1n) is 11.0. The van der Waals surface area contributed by atoms with E-state index in [2.05, 4.69) is 55.2 Å². The second-order valence-corrected chi connectivity index (χ2v) is 8.46. The molecule has 6 nitrogen and oxygen atoms in total. The van der Waals surface area contributed by atoms with Crippen LogP contribution in [0.15, 0.2) is 36.4 Å². The molecule has 0 radical (unpaired) electrons. The maximum atomic E-state index is 13.2. The molecule has 0 saturated carbocycles. The average Bonchev–Trinajstić information content (AvgIpc) is 3.27. The Morgan fingerprint density at radius 3 is 2.55 bits per heavy atom. The van der Waals surface area contributed by atoms with Gasteiger partial charge in [0, 0.05) is 45.0 Å². The lowest BCUT2D eigenvalue weighted by Crippen LogP contribution is -2.52. The van der Waals surface area contributed by atoms with Crippen molar-refractivity contribution in [1.82, 2.24) is 15.1 Å². The molecule has 0 N–H and O–H groups in total.